The number of hydrogen-bond acceptors (Lipinski definition) is 4. The van der Waals surface area contributed by atoms with Gasteiger partial charge in [-0.1, -0.05) is 48.0 Å². The number of benzene rings is 2. The fourth-order valence-corrected chi connectivity index (χ4v) is 3.05. The highest BCUT2D eigenvalue weighted by atomic mass is 35.5. The Morgan fingerprint density at radius 2 is 2.08 bits per heavy atom. The molecule has 0 aromatic heterocycles. The molecule has 5 nitrogen and oxygen atoms in total. The maximum absolute atomic E-state index is 12.0. The van der Waals surface area contributed by atoms with Crippen molar-refractivity contribution in [2.24, 2.45) is 0 Å². The van der Waals surface area contributed by atoms with E-state index in [1.54, 1.807) is 24.3 Å². The predicted octanol–water partition coefficient (Wildman–Crippen LogP) is 2.74. The summed E-state index contributed by atoms with van der Waals surface area (Å²) in [7, 11) is 0. The van der Waals surface area contributed by atoms with E-state index in [1.807, 2.05) is 18.2 Å². The third-order valence-electron chi connectivity index (χ3n) is 4.16. The standard InChI is InChI=1S/C20H23ClN2O3/c21-17-7-4-8-18(11-17)26-15-20(24)22-12-19-14-23(9-10-25-19)13-16-5-2-1-3-6-16/h1-8,11,19H,9-10,12-15H2,(H,22,24). The van der Waals surface area contributed by atoms with Crippen LogP contribution in [-0.2, 0) is 16.1 Å². The fourth-order valence-electron chi connectivity index (χ4n) is 2.87. The molecule has 1 aliphatic rings. The molecule has 0 aliphatic carbocycles. The Morgan fingerprint density at radius 3 is 2.88 bits per heavy atom. The van der Waals surface area contributed by atoms with Crippen LogP contribution in [0.2, 0.25) is 5.02 Å². The first-order chi connectivity index (χ1) is 12.7. The number of carbonyl (C=O) groups excluding carboxylic acids is 1. The highest BCUT2D eigenvalue weighted by Gasteiger charge is 2.21. The molecule has 26 heavy (non-hydrogen) atoms. The quantitative estimate of drug-likeness (QED) is 0.809. The maximum Gasteiger partial charge on any atom is 0.258 e. The van der Waals surface area contributed by atoms with E-state index in [1.165, 1.54) is 5.56 Å². The number of ether oxygens (including phenoxy) is 2. The average Bonchev–Trinajstić information content (AvgIpc) is 2.66. The first-order valence-electron chi connectivity index (χ1n) is 8.72. The van der Waals surface area contributed by atoms with Gasteiger partial charge in [-0.2, -0.15) is 0 Å². The number of nitrogens with one attached hydrogen (secondary N) is 1. The predicted molar refractivity (Wildman–Crippen MR) is 101 cm³/mol. The van der Waals surface area contributed by atoms with Crippen LogP contribution in [-0.4, -0.2) is 49.8 Å². The average molecular weight is 375 g/mol. The van der Waals surface area contributed by atoms with Crippen molar-refractivity contribution in [3.63, 3.8) is 0 Å². The van der Waals surface area contributed by atoms with Crippen LogP contribution in [0.4, 0.5) is 0 Å². The molecule has 2 aromatic carbocycles. The van der Waals surface area contributed by atoms with Crippen LogP contribution in [0.15, 0.2) is 54.6 Å². The lowest BCUT2D eigenvalue weighted by molar-refractivity contribution is -0.124. The largest absolute Gasteiger partial charge is 0.484 e. The normalized spacial score (nSPS) is 17.7. The van der Waals surface area contributed by atoms with Crippen LogP contribution in [0.1, 0.15) is 5.56 Å². The van der Waals surface area contributed by atoms with Gasteiger partial charge in [0.25, 0.3) is 5.91 Å². The summed E-state index contributed by atoms with van der Waals surface area (Å²) in [5.41, 5.74) is 1.28. The van der Waals surface area contributed by atoms with Gasteiger partial charge in [-0.05, 0) is 23.8 Å². The van der Waals surface area contributed by atoms with Gasteiger partial charge in [0.15, 0.2) is 6.61 Å². The Hall–Kier alpha value is -2.08. The zero-order chi connectivity index (χ0) is 18.2. The zero-order valence-electron chi connectivity index (χ0n) is 14.6. The van der Waals surface area contributed by atoms with Crippen molar-refractivity contribution in [1.29, 1.82) is 0 Å². The molecule has 1 saturated heterocycles. The number of carbonyl (C=O) groups is 1. The Kier molecular flexibility index (Phi) is 6.89. The van der Waals surface area contributed by atoms with E-state index >= 15 is 0 Å². The first-order valence-corrected chi connectivity index (χ1v) is 9.10. The van der Waals surface area contributed by atoms with Crippen LogP contribution in [0, 0.1) is 0 Å². The summed E-state index contributed by atoms with van der Waals surface area (Å²) in [6.45, 7) is 3.70. The number of nitrogens with zero attached hydrogens (tertiary/aromatic N) is 1. The minimum absolute atomic E-state index is 0.0115. The second-order valence-electron chi connectivity index (χ2n) is 6.26. The summed E-state index contributed by atoms with van der Waals surface area (Å²) in [4.78, 5) is 14.3. The number of amides is 1. The molecule has 2 aromatic rings. The monoisotopic (exact) mass is 374 g/mol. The molecule has 6 heteroatoms. The van der Waals surface area contributed by atoms with Crippen LogP contribution in [0.25, 0.3) is 0 Å². The molecule has 1 unspecified atom stereocenters. The van der Waals surface area contributed by atoms with E-state index in [2.05, 4.69) is 22.3 Å². The molecule has 1 N–H and O–H groups in total. The summed E-state index contributed by atoms with van der Waals surface area (Å²) in [6, 6.07) is 17.4. The molecule has 138 valence electrons. The molecule has 1 amide bonds. The Labute approximate surface area is 158 Å². The topological polar surface area (TPSA) is 50.8 Å². The van der Waals surface area contributed by atoms with Gasteiger partial charge in [0.05, 0.1) is 12.7 Å². The van der Waals surface area contributed by atoms with E-state index in [9.17, 15) is 4.79 Å². The third kappa shape index (κ3) is 6.02. The summed E-state index contributed by atoms with van der Waals surface area (Å²) in [6.07, 6.45) is -0.0115. The van der Waals surface area contributed by atoms with Crippen molar-refractivity contribution in [3.05, 3.63) is 65.2 Å². The van der Waals surface area contributed by atoms with Crippen molar-refractivity contribution in [2.75, 3.05) is 32.8 Å². The molecule has 3 rings (SSSR count). The minimum Gasteiger partial charge on any atom is -0.484 e. The van der Waals surface area contributed by atoms with E-state index in [-0.39, 0.29) is 18.6 Å². The van der Waals surface area contributed by atoms with E-state index in [0.717, 1.165) is 19.6 Å². The molecule has 1 heterocycles. The molecule has 1 aliphatic heterocycles. The molecule has 1 atom stereocenters. The number of hydrogen-bond donors (Lipinski definition) is 1. The van der Waals surface area contributed by atoms with Crippen molar-refractivity contribution in [2.45, 2.75) is 12.6 Å². The van der Waals surface area contributed by atoms with Gasteiger partial charge in [0.1, 0.15) is 5.75 Å². The summed E-state index contributed by atoms with van der Waals surface area (Å²) in [5.74, 6) is 0.407. The third-order valence-corrected chi connectivity index (χ3v) is 4.40. The van der Waals surface area contributed by atoms with Gasteiger partial charge in [0.2, 0.25) is 0 Å². The van der Waals surface area contributed by atoms with Gasteiger partial charge in [-0.3, -0.25) is 9.69 Å². The molecule has 0 spiro atoms. The van der Waals surface area contributed by atoms with Gasteiger partial charge in [0, 0.05) is 31.2 Å². The Morgan fingerprint density at radius 1 is 1.23 bits per heavy atom. The fraction of sp³-hybridized carbons (Fsp3) is 0.350. The van der Waals surface area contributed by atoms with E-state index in [4.69, 9.17) is 21.1 Å². The molecule has 0 radical (unpaired) electrons. The van der Waals surface area contributed by atoms with Crippen LogP contribution in [0.3, 0.4) is 0 Å². The second kappa shape index (κ2) is 9.57. The van der Waals surface area contributed by atoms with Gasteiger partial charge >= 0.3 is 0 Å². The molecule has 0 bridgehead atoms. The maximum atomic E-state index is 12.0. The molecular weight excluding hydrogens is 352 g/mol. The lowest BCUT2D eigenvalue weighted by Gasteiger charge is -2.33. The highest BCUT2D eigenvalue weighted by Crippen LogP contribution is 2.16. The number of rotatable bonds is 7. The lowest BCUT2D eigenvalue weighted by Crippen LogP contribution is -2.47. The van der Waals surface area contributed by atoms with Gasteiger partial charge in [-0.15, -0.1) is 0 Å². The lowest BCUT2D eigenvalue weighted by atomic mass is 10.2. The van der Waals surface area contributed by atoms with Gasteiger partial charge < -0.3 is 14.8 Å². The van der Waals surface area contributed by atoms with Crippen LogP contribution >= 0.6 is 11.6 Å². The summed E-state index contributed by atoms with van der Waals surface area (Å²) in [5, 5.41) is 3.45. The Balaban J connectivity index is 1.39. The summed E-state index contributed by atoms with van der Waals surface area (Å²) >= 11 is 5.89. The second-order valence-corrected chi connectivity index (χ2v) is 6.70. The smallest absolute Gasteiger partial charge is 0.258 e. The van der Waals surface area contributed by atoms with Crippen molar-refractivity contribution in [1.82, 2.24) is 10.2 Å². The zero-order valence-corrected chi connectivity index (χ0v) is 15.3. The number of morpholine rings is 1. The molecular formula is C20H23ClN2O3. The first kappa shape index (κ1) is 18.7. The van der Waals surface area contributed by atoms with Crippen LogP contribution in [0.5, 0.6) is 5.75 Å². The number of halogens is 1. The van der Waals surface area contributed by atoms with Crippen LogP contribution < -0.4 is 10.1 Å². The van der Waals surface area contributed by atoms with Crippen molar-refractivity contribution >= 4 is 17.5 Å². The summed E-state index contributed by atoms with van der Waals surface area (Å²) < 4.78 is 11.2. The van der Waals surface area contributed by atoms with E-state index in [0.29, 0.717) is 23.9 Å². The molecule has 0 saturated carbocycles. The SMILES string of the molecule is O=C(COc1cccc(Cl)c1)NCC1CN(Cc2ccccc2)CCO1. The highest BCUT2D eigenvalue weighted by molar-refractivity contribution is 6.30. The van der Waals surface area contributed by atoms with Crippen molar-refractivity contribution < 1.29 is 14.3 Å². The van der Waals surface area contributed by atoms with E-state index < -0.39 is 0 Å². The minimum atomic E-state index is -0.172. The Bertz CT molecular complexity index is 711. The van der Waals surface area contributed by atoms with Gasteiger partial charge in [-0.25, -0.2) is 0 Å². The van der Waals surface area contributed by atoms with Crippen molar-refractivity contribution in [3.8, 4) is 5.75 Å². The molecule has 1 fully saturated rings.